The molecule has 8 heteroatoms. The van der Waals surface area contributed by atoms with Crippen molar-refractivity contribution in [3.05, 3.63) is 54.1 Å². The number of hydrogen-bond donors (Lipinski definition) is 0. The highest BCUT2D eigenvalue weighted by Crippen LogP contribution is 2.23. The van der Waals surface area contributed by atoms with Crippen LogP contribution in [0.15, 0.2) is 48.5 Å². The van der Waals surface area contributed by atoms with E-state index >= 15 is 0 Å². The second-order valence-corrected chi connectivity index (χ2v) is 12.1. The third-order valence-electron chi connectivity index (χ3n) is 7.89. The minimum absolute atomic E-state index is 0.615. The van der Waals surface area contributed by atoms with Crippen LogP contribution in [0, 0.1) is 6.92 Å². The van der Waals surface area contributed by atoms with Crippen molar-refractivity contribution in [1.29, 1.82) is 0 Å². The summed E-state index contributed by atoms with van der Waals surface area (Å²) in [4.78, 5) is 9.58. The van der Waals surface area contributed by atoms with Crippen molar-refractivity contribution in [2.45, 2.75) is 60.3 Å². The van der Waals surface area contributed by atoms with Gasteiger partial charge in [-0.05, 0) is 82.1 Å². The second-order valence-electron chi connectivity index (χ2n) is 12.1. The highest BCUT2D eigenvalue weighted by atomic mass is 16.5. The summed E-state index contributed by atoms with van der Waals surface area (Å²) in [5.74, 6) is 0. The van der Waals surface area contributed by atoms with Crippen LogP contribution in [0.3, 0.4) is 0 Å². The van der Waals surface area contributed by atoms with Gasteiger partial charge in [-0.15, -0.1) is 0 Å². The third kappa shape index (κ3) is 17.0. The summed E-state index contributed by atoms with van der Waals surface area (Å²) in [6.45, 7) is 24.1. The minimum Gasteiger partial charge on any atom is -0.378 e. The monoisotopic (exact) mass is 643 g/mol. The van der Waals surface area contributed by atoms with Crippen molar-refractivity contribution >= 4 is 17.1 Å². The molecule has 2 rings (SSSR count). The van der Waals surface area contributed by atoms with E-state index in [4.69, 9.17) is 18.9 Å². The Morgan fingerprint density at radius 2 is 0.804 bits per heavy atom. The normalized spacial score (nSPS) is 11.4. The van der Waals surface area contributed by atoms with Crippen molar-refractivity contribution in [3.8, 4) is 0 Å². The summed E-state index contributed by atoms with van der Waals surface area (Å²) in [6, 6.07) is 17.6. The van der Waals surface area contributed by atoms with Crippen molar-refractivity contribution in [1.82, 2.24) is 4.90 Å². The number of benzene rings is 2. The summed E-state index contributed by atoms with van der Waals surface area (Å²) in [5.41, 5.74) is 5.06. The topological polar surface area (TPSA) is 49.9 Å². The first kappa shape index (κ1) is 39.8. The quantitative estimate of drug-likeness (QED) is 0.0904. The van der Waals surface area contributed by atoms with Gasteiger partial charge >= 0.3 is 0 Å². The van der Waals surface area contributed by atoms with Gasteiger partial charge in [0.2, 0.25) is 0 Å². The fourth-order valence-corrected chi connectivity index (χ4v) is 5.51. The molecule has 0 fully saturated rings. The molecule has 0 saturated heterocycles. The van der Waals surface area contributed by atoms with Crippen LogP contribution < -0.4 is 14.7 Å². The molecular weight excluding hydrogens is 576 g/mol. The van der Waals surface area contributed by atoms with Gasteiger partial charge in [0.1, 0.15) is 0 Å². The number of aryl methyl sites for hydroxylation is 1. The van der Waals surface area contributed by atoms with Crippen LogP contribution in [0.5, 0.6) is 0 Å². The van der Waals surface area contributed by atoms with Crippen molar-refractivity contribution in [2.24, 2.45) is 0 Å². The molecule has 0 spiro atoms. The number of nitrogens with zero attached hydrogens (tertiary/aromatic N) is 4. The lowest BCUT2D eigenvalue weighted by Gasteiger charge is -2.28. The molecular formula is C38H66N4O4. The van der Waals surface area contributed by atoms with E-state index in [1.807, 2.05) is 0 Å². The number of rotatable bonds is 29. The predicted molar refractivity (Wildman–Crippen MR) is 196 cm³/mol. The molecule has 0 atom stereocenters. The minimum atomic E-state index is 0.615. The lowest BCUT2D eigenvalue weighted by molar-refractivity contribution is 0.0431. The summed E-state index contributed by atoms with van der Waals surface area (Å²) in [6.07, 6.45) is 4.47. The standard InChI is InChI=1S/C38H66N4O4/c1-7-17-39(6)21-25-43-29-30-45-27-23-41(19-9-3)37-15-12-16-38(34-37)42(20-10-4)24-28-46-32-31-44-26-22-40(18-8-2)36-14-11-13-35(5)33-36/h11-16,33-34H,7-10,17-32H2,1-6H3. The molecule has 8 nitrogen and oxygen atoms in total. The Bertz CT molecular complexity index is 1010. The zero-order chi connectivity index (χ0) is 33.2. The largest absolute Gasteiger partial charge is 0.378 e. The van der Waals surface area contributed by atoms with Crippen LogP contribution in [0.2, 0.25) is 0 Å². The SMILES string of the molecule is CCCN(C)CCOCCOCCN(CCC)c1cccc(N(CCC)CCOCCOCCN(CCC)c2cccc(C)c2)c1. The molecule has 0 amide bonds. The number of ether oxygens (including phenoxy) is 4. The van der Waals surface area contributed by atoms with E-state index in [9.17, 15) is 0 Å². The Morgan fingerprint density at radius 3 is 1.20 bits per heavy atom. The van der Waals surface area contributed by atoms with Gasteiger partial charge in [-0.1, -0.05) is 45.9 Å². The summed E-state index contributed by atoms with van der Waals surface area (Å²) in [5, 5.41) is 0. The van der Waals surface area contributed by atoms with Gasteiger partial charge in [0, 0.05) is 62.9 Å². The predicted octanol–water partition coefficient (Wildman–Crippen LogP) is 6.75. The summed E-state index contributed by atoms with van der Waals surface area (Å²) < 4.78 is 23.6. The van der Waals surface area contributed by atoms with E-state index < -0.39 is 0 Å². The zero-order valence-corrected chi connectivity index (χ0v) is 30.2. The van der Waals surface area contributed by atoms with Gasteiger partial charge in [0.25, 0.3) is 0 Å². The number of anilines is 3. The molecule has 0 aliphatic carbocycles. The maximum absolute atomic E-state index is 6.01. The average Bonchev–Trinajstić information content (AvgIpc) is 3.05. The highest BCUT2D eigenvalue weighted by Gasteiger charge is 2.11. The van der Waals surface area contributed by atoms with Crippen LogP contribution in [-0.4, -0.2) is 117 Å². The summed E-state index contributed by atoms with van der Waals surface area (Å²) >= 11 is 0. The van der Waals surface area contributed by atoms with E-state index in [1.54, 1.807) is 0 Å². The first-order chi connectivity index (χ1) is 22.5. The smallest absolute Gasteiger partial charge is 0.0701 e. The lowest BCUT2D eigenvalue weighted by Crippen LogP contribution is -2.31. The van der Waals surface area contributed by atoms with Crippen molar-refractivity contribution in [3.63, 3.8) is 0 Å². The van der Waals surface area contributed by atoms with E-state index in [2.05, 4.69) is 110 Å². The fourth-order valence-electron chi connectivity index (χ4n) is 5.51. The number of likely N-dealkylation sites (N-methyl/N-ethyl adjacent to an activating group) is 1. The van der Waals surface area contributed by atoms with E-state index in [0.717, 1.165) is 78.2 Å². The van der Waals surface area contributed by atoms with Gasteiger partial charge in [0.05, 0.1) is 52.9 Å². The van der Waals surface area contributed by atoms with Crippen LogP contribution in [-0.2, 0) is 18.9 Å². The molecule has 0 unspecified atom stereocenters. The van der Waals surface area contributed by atoms with Gasteiger partial charge in [-0.25, -0.2) is 0 Å². The third-order valence-corrected chi connectivity index (χ3v) is 7.89. The van der Waals surface area contributed by atoms with Crippen LogP contribution in [0.1, 0.15) is 58.9 Å². The van der Waals surface area contributed by atoms with Gasteiger partial charge in [0.15, 0.2) is 0 Å². The molecule has 0 aliphatic heterocycles. The van der Waals surface area contributed by atoms with E-state index in [-0.39, 0.29) is 0 Å². The molecule has 0 heterocycles. The molecule has 0 aliphatic rings. The van der Waals surface area contributed by atoms with E-state index in [0.29, 0.717) is 46.2 Å². The Balaban J connectivity index is 1.72. The molecule has 0 N–H and O–H groups in total. The summed E-state index contributed by atoms with van der Waals surface area (Å²) in [7, 11) is 2.14. The Hall–Kier alpha value is -2.36. The van der Waals surface area contributed by atoms with Gasteiger partial charge in [-0.3, -0.25) is 0 Å². The lowest BCUT2D eigenvalue weighted by atomic mass is 10.2. The first-order valence-corrected chi connectivity index (χ1v) is 17.9. The molecule has 2 aromatic carbocycles. The Labute approximate surface area is 281 Å². The fraction of sp³-hybridized carbons (Fsp3) is 0.684. The number of hydrogen-bond acceptors (Lipinski definition) is 8. The Morgan fingerprint density at radius 1 is 0.435 bits per heavy atom. The maximum atomic E-state index is 6.01. The first-order valence-electron chi connectivity index (χ1n) is 17.9. The maximum Gasteiger partial charge on any atom is 0.0701 e. The average molecular weight is 643 g/mol. The molecule has 262 valence electrons. The molecule has 46 heavy (non-hydrogen) atoms. The van der Waals surface area contributed by atoms with Crippen molar-refractivity contribution < 1.29 is 18.9 Å². The van der Waals surface area contributed by atoms with Crippen LogP contribution >= 0.6 is 0 Å². The van der Waals surface area contributed by atoms with Gasteiger partial charge in [-0.2, -0.15) is 0 Å². The molecule has 0 radical (unpaired) electrons. The second kappa shape index (κ2) is 25.7. The highest BCUT2D eigenvalue weighted by molar-refractivity contribution is 5.59. The van der Waals surface area contributed by atoms with E-state index in [1.165, 1.54) is 29.0 Å². The van der Waals surface area contributed by atoms with Crippen LogP contribution in [0.4, 0.5) is 17.1 Å². The van der Waals surface area contributed by atoms with Gasteiger partial charge < -0.3 is 38.5 Å². The van der Waals surface area contributed by atoms with Crippen LogP contribution in [0.25, 0.3) is 0 Å². The molecule has 0 bridgehead atoms. The van der Waals surface area contributed by atoms with Crippen molar-refractivity contribution in [2.75, 3.05) is 127 Å². The molecule has 0 aromatic heterocycles. The Kier molecular flexibility index (Phi) is 22.2. The zero-order valence-electron chi connectivity index (χ0n) is 30.2. The molecule has 0 saturated carbocycles. The molecule has 2 aromatic rings.